The van der Waals surface area contributed by atoms with Crippen molar-refractivity contribution in [2.45, 2.75) is 44.0 Å². The molecule has 0 spiro atoms. The van der Waals surface area contributed by atoms with E-state index in [9.17, 15) is 4.79 Å². The topological polar surface area (TPSA) is 63.3 Å². The number of rotatable bonds is 4. The number of aliphatic carboxylic acids is 1. The zero-order chi connectivity index (χ0) is 9.90. The number of carbonyl (C=O) groups is 1. The van der Waals surface area contributed by atoms with Crippen molar-refractivity contribution in [1.29, 1.82) is 0 Å². The first kappa shape index (κ1) is 10.6. The highest BCUT2D eigenvalue weighted by atomic mass is 16.4. The van der Waals surface area contributed by atoms with Gasteiger partial charge < -0.3 is 10.8 Å². The number of carboxylic acid groups (broad SMARTS) is 1. The minimum atomic E-state index is -0.977. The van der Waals surface area contributed by atoms with Crippen LogP contribution >= 0.6 is 0 Å². The van der Waals surface area contributed by atoms with Gasteiger partial charge in [0, 0.05) is 0 Å². The van der Waals surface area contributed by atoms with Crippen LogP contribution in [0.25, 0.3) is 0 Å². The fourth-order valence-corrected chi connectivity index (χ4v) is 2.15. The normalized spacial score (nSPS) is 33.5. The van der Waals surface area contributed by atoms with Gasteiger partial charge in [-0.15, -0.1) is 0 Å². The molecule has 4 heteroatoms. The predicted octanol–water partition coefficient (Wildman–Crippen LogP) is 0.936. The van der Waals surface area contributed by atoms with Crippen molar-refractivity contribution in [3.8, 4) is 0 Å². The second-order valence-corrected chi connectivity index (χ2v) is 3.87. The molecule has 0 saturated heterocycles. The highest BCUT2D eigenvalue weighted by molar-refractivity contribution is 6.08. The molecule has 13 heavy (non-hydrogen) atoms. The Hall–Kier alpha value is -0.505. The molecule has 3 nitrogen and oxygen atoms in total. The molecule has 0 aromatic rings. The lowest BCUT2D eigenvalue weighted by Crippen LogP contribution is -2.50. The highest BCUT2D eigenvalue weighted by Crippen LogP contribution is 2.37. The van der Waals surface area contributed by atoms with Crippen LogP contribution in [0, 0.1) is 5.92 Å². The first-order valence-corrected chi connectivity index (χ1v) is 4.83. The minimum absolute atomic E-state index is 0.119. The van der Waals surface area contributed by atoms with Crippen molar-refractivity contribution in [2.75, 3.05) is 0 Å². The Kier molecular flexibility index (Phi) is 3.36. The Morgan fingerprint density at radius 1 is 1.69 bits per heavy atom. The van der Waals surface area contributed by atoms with Crippen molar-refractivity contribution in [1.82, 2.24) is 0 Å². The van der Waals surface area contributed by atoms with E-state index in [1.165, 1.54) is 0 Å². The molecule has 1 aliphatic carbocycles. The standard InChI is InChI=1S/C9H16BNO2/c10-6-2-4-7-3-1-5-9(7,11)8(12)13/h7H,1-6,11H2,(H,12,13)/t7-,9+/m1/s1. The number of hydrogen-bond donors (Lipinski definition) is 2. The van der Waals surface area contributed by atoms with Gasteiger partial charge in [-0.1, -0.05) is 19.2 Å². The lowest BCUT2D eigenvalue weighted by Gasteiger charge is -2.26. The molecular formula is C9H16BNO2. The summed E-state index contributed by atoms with van der Waals surface area (Å²) < 4.78 is 0. The molecule has 3 N–H and O–H groups in total. The maximum atomic E-state index is 10.9. The molecule has 72 valence electrons. The highest BCUT2D eigenvalue weighted by Gasteiger charge is 2.45. The Morgan fingerprint density at radius 2 is 2.38 bits per heavy atom. The van der Waals surface area contributed by atoms with E-state index in [0.29, 0.717) is 12.7 Å². The molecule has 1 rings (SSSR count). The van der Waals surface area contributed by atoms with Crippen molar-refractivity contribution in [3.05, 3.63) is 0 Å². The van der Waals surface area contributed by atoms with E-state index in [-0.39, 0.29) is 5.92 Å². The van der Waals surface area contributed by atoms with Crippen molar-refractivity contribution >= 4 is 13.8 Å². The maximum absolute atomic E-state index is 10.9. The Morgan fingerprint density at radius 3 is 2.92 bits per heavy atom. The SMILES string of the molecule is [B]CCC[C@H]1CCC[C@@]1(N)C(=O)O. The maximum Gasteiger partial charge on any atom is 0.323 e. The molecular weight excluding hydrogens is 165 g/mol. The van der Waals surface area contributed by atoms with Crippen LogP contribution in [-0.4, -0.2) is 24.5 Å². The minimum Gasteiger partial charge on any atom is -0.480 e. The van der Waals surface area contributed by atoms with Crippen LogP contribution < -0.4 is 5.73 Å². The van der Waals surface area contributed by atoms with Gasteiger partial charge in [0.25, 0.3) is 0 Å². The Balaban J connectivity index is 2.57. The van der Waals surface area contributed by atoms with Gasteiger partial charge >= 0.3 is 5.97 Å². The summed E-state index contributed by atoms with van der Waals surface area (Å²) in [5.74, 6) is -0.736. The fraction of sp³-hybridized carbons (Fsp3) is 0.889. The third kappa shape index (κ3) is 2.05. The van der Waals surface area contributed by atoms with Crippen LogP contribution in [0.15, 0.2) is 0 Å². The molecule has 0 bridgehead atoms. The van der Waals surface area contributed by atoms with Crippen molar-refractivity contribution < 1.29 is 9.90 Å². The quantitative estimate of drug-likeness (QED) is 0.634. The van der Waals surface area contributed by atoms with E-state index < -0.39 is 11.5 Å². The van der Waals surface area contributed by atoms with Gasteiger partial charge in [-0.2, -0.15) is 0 Å². The summed E-state index contributed by atoms with van der Waals surface area (Å²) in [7, 11) is 5.38. The summed E-state index contributed by atoms with van der Waals surface area (Å²) in [6, 6.07) is 0. The summed E-state index contributed by atoms with van der Waals surface area (Å²) in [4.78, 5) is 10.9. The van der Waals surface area contributed by atoms with Crippen LogP contribution in [0.3, 0.4) is 0 Å². The molecule has 2 atom stereocenters. The predicted molar refractivity (Wildman–Crippen MR) is 51.7 cm³/mol. The van der Waals surface area contributed by atoms with Crippen LogP contribution in [0.2, 0.25) is 6.32 Å². The van der Waals surface area contributed by atoms with Crippen molar-refractivity contribution in [2.24, 2.45) is 11.7 Å². The largest absolute Gasteiger partial charge is 0.480 e. The Bertz CT molecular complexity index is 198. The molecule has 1 aliphatic rings. The van der Waals surface area contributed by atoms with Gasteiger partial charge in [0.1, 0.15) is 5.54 Å². The lowest BCUT2D eigenvalue weighted by atomic mass is 9.83. The van der Waals surface area contributed by atoms with Crippen LogP contribution in [0.1, 0.15) is 32.1 Å². The summed E-state index contributed by atoms with van der Waals surface area (Å²) in [6.45, 7) is 0. The van der Waals surface area contributed by atoms with Crippen LogP contribution in [-0.2, 0) is 4.79 Å². The van der Waals surface area contributed by atoms with Gasteiger partial charge in [-0.25, -0.2) is 0 Å². The smallest absolute Gasteiger partial charge is 0.323 e. The average Bonchev–Trinajstić information content (AvgIpc) is 2.45. The molecule has 2 radical (unpaired) electrons. The number of hydrogen-bond acceptors (Lipinski definition) is 2. The zero-order valence-corrected chi connectivity index (χ0v) is 7.83. The monoisotopic (exact) mass is 181 g/mol. The Labute approximate surface area is 80.1 Å². The fourth-order valence-electron chi connectivity index (χ4n) is 2.15. The summed E-state index contributed by atoms with van der Waals surface area (Å²) in [5, 5.41) is 8.99. The zero-order valence-electron chi connectivity index (χ0n) is 7.83. The lowest BCUT2D eigenvalue weighted by molar-refractivity contribution is -0.144. The van der Waals surface area contributed by atoms with E-state index >= 15 is 0 Å². The molecule has 0 amide bonds. The molecule has 0 aliphatic heterocycles. The average molecular weight is 181 g/mol. The van der Waals surface area contributed by atoms with E-state index in [0.717, 1.165) is 25.7 Å². The second kappa shape index (κ2) is 4.14. The third-order valence-corrected chi connectivity index (χ3v) is 3.03. The van der Waals surface area contributed by atoms with Gasteiger partial charge in [0.05, 0.1) is 7.85 Å². The summed E-state index contributed by atoms with van der Waals surface area (Å²) in [5.41, 5.74) is 4.87. The molecule has 0 heterocycles. The second-order valence-electron chi connectivity index (χ2n) is 3.87. The molecule has 1 saturated carbocycles. The van der Waals surface area contributed by atoms with Crippen molar-refractivity contribution in [3.63, 3.8) is 0 Å². The van der Waals surface area contributed by atoms with Gasteiger partial charge in [0.15, 0.2) is 0 Å². The summed E-state index contributed by atoms with van der Waals surface area (Å²) >= 11 is 0. The summed E-state index contributed by atoms with van der Waals surface area (Å²) in [6.07, 6.45) is 4.81. The van der Waals surface area contributed by atoms with Crippen LogP contribution in [0.5, 0.6) is 0 Å². The van der Waals surface area contributed by atoms with Gasteiger partial charge in [-0.05, 0) is 25.2 Å². The van der Waals surface area contributed by atoms with Gasteiger partial charge in [0.2, 0.25) is 0 Å². The van der Waals surface area contributed by atoms with E-state index in [4.69, 9.17) is 18.7 Å². The first-order valence-electron chi connectivity index (χ1n) is 4.83. The first-order chi connectivity index (χ1) is 6.11. The number of carboxylic acids is 1. The molecule has 0 aromatic carbocycles. The van der Waals surface area contributed by atoms with E-state index in [1.54, 1.807) is 0 Å². The third-order valence-electron chi connectivity index (χ3n) is 3.03. The van der Waals surface area contributed by atoms with Crippen LogP contribution in [0.4, 0.5) is 0 Å². The van der Waals surface area contributed by atoms with Gasteiger partial charge in [-0.3, -0.25) is 4.79 Å². The van der Waals surface area contributed by atoms with E-state index in [2.05, 4.69) is 0 Å². The molecule has 1 fully saturated rings. The molecule has 0 aromatic heterocycles. The molecule has 0 unspecified atom stereocenters. The number of nitrogens with two attached hydrogens (primary N) is 1. The van der Waals surface area contributed by atoms with E-state index in [1.807, 2.05) is 0 Å².